The Hall–Kier alpha value is -1.06. The molecule has 0 bridgehead atoms. The molecule has 1 aliphatic heterocycles. The van der Waals surface area contributed by atoms with E-state index in [9.17, 15) is 9.59 Å². The van der Waals surface area contributed by atoms with Crippen LogP contribution in [0.4, 0.5) is 0 Å². The van der Waals surface area contributed by atoms with Crippen LogP contribution in [0.2, 0.25) is 0 Å². The first kappa shape index (κ1) is 11.0. The highest BCUT2D eigenvalue weighted by Crippen LogP contribution is 2.15. The van der Waals surface area contributed by atoms with Gasteiger partial charge in [0.25, 0.3) is 0 Å². The summed E-state index contributed by atoms with van der Waals surface area (Å²) in [4.78, 5) is 24.0. The van der Waals surface area contributed by atoms with E-state index in [1.54, 1.807) is 0 Å². The molecule has 1 aliphatic rings. The van der Waals surface area contributed by atoms with Gasteiger partial charge >= 0.3 is 0 Å². The van der Waals surface area contributed by atoms with Crippen molar-refractivity contribution in [3.05, 3.63) is 0 Å². The van der Waals surface area contributed by atoms with E-state index in [1.165, 1.54) is 6.92 Å². The first-order valence-electron chi connectivity index (χ1n) is 5.12. The number of nitrogens with one attached hydrogen (secondary N) is 1. The van der Waals surface area contributed by atoms with Crippen molar-refractivity contribution < 1.29 is 9.59 Å². The summed E-state index contributed by atoms with van der Waals surface area (Å²) in [6.07, 6.45) is 2.15. The maximum Gasteiger partial charge on any atom is 0.241 e. The molecule has 14 heavy (non-hydrogen) atoms. The van der Waals surface area contributed by atoms with Gasteiger partial charge in [0.15, 0.2) is 0 Å². The van der Waals surface area contributed by atoms with E-state index in [-0.39, 0.29) is 18.4 Å². The Morgan fingerprint density at radius 2 is 1.93 bits per heavy atom. The van der Waals surface area contributed by atoms with E-state index in [1.807, 2.05) is 4.90 Å². The number of likely N-dealkylation sites (tertiary alicyclic amines) is 1. The Balaban J connectivity index is 2.27. The van der Waals surface area contributed by atoms with Crippen LogP contribution in [-0.4, -0.2) is 36.3 Å². The zero-order valence-electron chi connectivity index (χ0n) is 8.88. The molecule has 1 saturated heterocycles. The molecule has 80 valence electrons. The zero-order valence-corrected chi connectivity index (χ0v) is 8.88. The van der Waals surface area contributed by atoms with Gasteiger partial charge in [0.1, 0.15) is 0 Å². The van der Waals surface area contributed by atoms with Crippen molar-refractivity contribution in [2.24, 2.45) is 5.92 Å². The molecule has 0 radical (unpaired) electrons. The number of piperidine rings is 1. The summed E-state index contributed by atoms with van der Waals surface area (Å²) in [6, 6.07) is 0. The van der Waals surface area contributed by atoms with Gasteiger partial charge in [-0.15, -0.1) is 0 Å². The average molecular weight is 198 g/mol. The molecule has 2 amide bonds. The molecule has 0 atom stereocenters. The van der Waals surface area contributed by atoms with Crippen molar-refractivity contribution in [1.82, 2.24) is 10.2 Å². The fraction of sp³-hybridized carbons (Fsp3) is 0.800. The van der Waals surface area contributed by atoms with E-state index < -0.39 is 0 Å². The van der Waals surface area contributed by atoms with Crippen LogP contribution in [0.5, 0.6) is 0 Å². The topological polar surface area (TPSA) is 49.4 Å². The van der Waals surface area contributed by atoms with Crippen LogP contribution in [-0.2, 0) is 9.59 Å². The predicted octanol–water partition coefficient (Wildman–Crippen LogP) is 0.381. The molecule has 0 unspecified atom stereocenters. The van der Waals surface area contributed by atoms with Crippen molar-refractivity contribution in [2.75, 3.05) is 19.6 Å². The second-order valence-corrected chi connectivity index (χ2v) is 3.97. The lowest BCUT2D eigenvalue weighted by Gasteiger charge is -2.30. The molecule has 0 saturated carbocycles. The highest BCUT2D eigenvalue weighted by Gasteiger charge is 2.19. The van der Waals surface area contributed by atoms with Crippen molar-refractivity contribution in [3.63, 3.8) is 0 Å². The summed E-state index contributed by atoms with van der Waals surface area (Å²) < 4.78 is 0. The van der Waals surface area contributed by atoms with Gasteiger partial charge in [-0.3, -0.25) is 9.59 Å². The molecule has 0 aromatic carbocycles. The van der Waals surface area contributed by atoms with Crippen molar-refractivity contribution in [3.8, 4) is 0 Å². The Morgan fingerprint density at radius 1 is 1.36 bits per heavy atom. The molecule has 0 spiro atoms. The van der Waals surface area contributed by atoms with E-state index in [0.29, 0.717) is 0 Å². The summed E-state index contributed by atoms with van der Waals surface area (Å²) in [5, 5.41) is 2.52. The third kappa shape index (κ3) is 3.36. The fourth-order valence-electron chi connectivity index (χ4n) is 1.57. The monoisotopic (exact) mass is 198 g/mol. The number of amides is 2. The van der Waals surface area contributed by atoms with Crippen LogP contribution in [0.3, 0.4) is 0 Å². The third-order valence-corrected chi connectivity index (χ3v) is 2.62. The second kappa shape index (κ2) is 4.98. The van der Waals surface area contributed by atoms with E-state index in [4.69, 9.17) is 0 Å². The van der Waals surface area contributed by atoms with E-state index >= 15 is 0 Å². The highest BCUT2D eigenvalue weighted by molar-refractivity contribution is 5.83. The van der Waals surface area contributed by atoms with Crippen LogP contribution in [0.25, 0.3) is 0 Å². The van der Waals surface area contributed by atoms with Gasteiger partial charge in [-0.2, -0.15) is 0 Å². The van der Waals surface area contributed by atoms with Gasteiger partial charge in [0, 0.05) is 20.0 Å². The minimum atomic E-state index is -0.149. The molecule has 0 aromatic heterocycles. The molecular weight excluding hydrogens is 180 g/mol. The Labute approximate surface area is 84.7 Å². The van der Waals surface area contributed by atoms with Crippen molar-refractivity contribution >= 4 is 11.8 Å². The van der Waals surface area contributed by atoms with E-state index in [2.05, 4.69) is 12.2 Å². The van der Waals surface area contributed by atoms with Gasteiger partial charge in [-0.05, 0) is 18.8 Å². The summed E-state index contributed by atoms with van der Waals surface area (Å²) in [5.41, 5.74) is 0. The van der Waals surface area contributed by atoms with Crippen LogP contribution in [0, 0.1) is 5.92 Å². The molecular formula is C10H18N2O2. The van der Waals surface area contributed by atoms with E-state index in [0.717, 1.165) is 31.8 Å². The normalized spacial score (nSPS) is 18.0. The molecule has 4 nitrogen and oxygen atoms in total. The molecule has 0 aliphatic carbocycles. The maximum absolute atomic E-state index is 11.5. The summed E-state index contributed by atoms with van der Waals surface area (Å²) in [5.74, 6) is 0.607. The van der Waals surface area contributed by atoms with Crippen LogP contribution >= 0.6 is 0 Å². The highest BCUT2D eigenvalue weighted by atomic mass is 16.2. The quantitative estimate of drug-likeness (QED) is 0.697. The minimum Gasteiger partial charge on any atom is -0.347 e. The Kier molecular flexibility index (Phi) is 3.92. The van der Waals surface area contributed by atoms with Crippen LogP contribution < -0.4 is 5.32 Å². The largest absolute Gasteiger partial charge is 0.347 e. The number of carbonyl (C=O) groups excluding carboxylic acids is 2. The zero-order chi connectivity index (χ0) is 10.6. The number of hydrogen-bond donors (Lipinski definition) is 1. The summed E-state index contributed by atoms with van der Waals surface area (Å²) in [7, 11) is 0. The SMILES string of the molecule is CC(=O)NCC(=O)N1CCC(C)CC1. The molecule has 4 heteroatoms. The van der Waals surface area contributed by atoms with Gasteiger partial charge in [0.2, 0.25) is 11.8 Å². The molecule has 0 aromatic rings. The Morgan fingerprint density at radius 3 is 2.43 bits per heavy atom. The van der Waals surface area contributed by atoms with Gasteiger partial charge in [-0.25, -0.2) is 0 Å². The van der Waals surface area contributed by atoms with Crippen molar-refractivity contribution in [2.45, 2.75) is 26.7 Å². The number of nitrogens with zero attached hydrogens (tertiary/aromatic N) is 1. The summed E-state index contributed by atoms with van der Waals surface area (Å²) >= 11 is 0. The summed E-state index contributed by atoms with van der Waals surface area (Å²) in [6.45, 7) is 5.43. The number of rotatable bonds is 2. The third-order valence-electron chi connectivity index (χ3n) is 2.62. The smallest absolute Gasteiger partial charge is 0.241 e. The average Bonchev–Trinajstić information content (AvgIpc) is 2.15. The molecule has 1 heterocycles. The standard InChI is InChI=1S/C10H18N2O2/c1-8-3-5-12(6-4-8)10(14)7-11-9(2)13/h8H,3-7H2,1-2H3,(H,11,13). The number of hydrogen-bond acceptors (Lipinski definition) is 2. The molecule has 1 fully saturated rings. The van der Waals surface area contributed by atoms with Crippen molar-refractivity contribution in [1.29, 1.82) is 0 Å². The fourth-order valence-corrected chi connectivity index (χ4v) is 1.57. The van der Waals surface area contributed by atoms with Crippen LogP contribution in [0.15, 0.2) is 0 Å². The van der Waals surface area contributed by atoms with Gasteiger partial charge in [0.05, 0.1) is 6.54 Å². The first-order valence-corrected chi connectivity index (χ1v) is 5.12. The van der Waals surface area contributed by atoms with Crippen LogP contribution in [0.1, 0.15) is 26.7 Å². The molecule has 1 N–H and O–H groups in total. The number of carbonyl (C=O) groups is 2. The maximum atomic E-state index is 11.5. The van der Waals surface area contributed by atoms with Gasteiger partial charge in [-0.1, -0.05) is 6.92 Å². The minimum absolute atomic E-state index is 0.0344. The lowest BCUT2D eigenvalue weighted by Crippen LogP contribution is -2.43. The Bertz CT molecular complexity index is 220. The van der Waals surface area contributed by atoms with Gasteiger partial charge < -0.3 is 10.2 Å². The first-order chi connectivity index (χ1) is 6.59. The molecule has 1 rings (SSSR count). The lowest BCUT2D eigenvalue weighted by atomic mass is 9.99. The lowest BCUT2D eigenvalue weighted by molar-refractivity contribution is -0.133. The predicted molar refractivity (Wildman–Crippen MR) is 53.7 cm³/mol. The second-order valence-electron chi connectivity index (χ2n) is 3.97.